The summed E-state index contributed by atoms with van der Waals surface area (Å²) in [5.41, 5.74) is 0.396. The van der Waals surface area contributed by atoms with Gasteiger partial charge in [-0.25, -0.2) is 4.79 Å². The minimum absolute atomic E-state index is 0.0338. The number of rotatable bonds is 8. The van der Waals surface area contributed by atoms with Crippen LogP contribution in [-0.2, 0) is 21.5 Å². The molecule has 1 fully saturated rings. The Morgan fingerprint density at radius 1 is 1.00 bits per heavy atom. The average molecular weight is 393 g/mol. The molecule has 0 aromatic heterocycles. The number of carbonyl (C=O) groups is 3. The van der Waals surface area contributed by atoms with E-state index in [-0.39, 0.29) is 18.5 Å². The van der Waals surface area contributed by atoms with Gasteiger partial charge in [0.05, 0.1) is 0 Å². The zero-order valence-corrected chi connectivity index (χ0v) is 16.9. The fraction of sp³-hybridized carbons (Fsp3) is 0.348. The normalized spacial score (nSPS) is 18.8. The van der Waals surface area contributed by atoms with Crippen LogP contribution in [0.2, 0.25) is 0 Å². The Bertz CT molecular complexity index is 865. The molecule has 152 valence electrons. The maximum atomic E-state index is 13.5. The van der Waals surface area contributed by atoms with Gasteiger partial charge in [0.2, 0.25) is 5.91 Å². The lowest BCUT2D eigenvalue weighted by molar-refractivity contribution is -0.135. The molecule has 0 bridgehead atoms. The summed E-state index contributed by atoms with van der Waals surface area (Å²) in [6.07, 6.45) is 1.90. The van der Waals surface area contributed by atoms with E-state index in [1.807, 2.05) is 74.5 Å². The first-order chi connectivity index (χ1) is 14.0. The second-order valence-corrected chi connectivity index (χ2v) is 7.34. The molecule has 4 amide bonds. The van der Waals surface area contributed by atoms with Gasteiger partial charge in [-0.2, -0.15) is 0 Å². The molecule has 1 unspecified atom stereocenters. The number of hydrogen-bond acceptors (Lipinski definition) is 3. The minimum atomic E-state index is -1.23. The monoisotopic (exact) mass is 393 g/mol. The van der Waals surface area contributed by atoms with Crippen LogP contribution in [-0.4, -0.2) is 35.3 Å². The van der Waals surface area contributed by atoms with Crippen molar-refractivity contribution in [1.82, 2.24) is 15.5 Å². The molecule has 2 aromatic rings. The van der Waals surface area contributed by atoms with Crippen LogP contribution in [0.1, 0.15) is 37.8 Å². The summed E-state index contributed by atoms with van der Waals surface area (Å²) in [5.74, 6) is -0.733. The highest BCUT2D eigenvalue weighted by Gasteiger charge is 2.52. The first kappa shape index (κ1) is 20.6. The Morgan fingerprint density at radius 2 is 1.59 bits per heavy atom. The summed E-state index contributed by atoms with van der Waals surface area (Å²) in [6, 6.07) is 18.2. The van der Waals surface area contributed by atoms with Crippen LogP contribution >= 0.6 is 0 Å². The molecule has 0 radical (unpaired) electrons. The fourth-order valence-corrected chi connectivity index (χ4v) is 3.72. The number of benzene rings is 2. The third-order valence-electron chi connectivity index (χ3n) is 5.41. The highest BCUT2D eigenvalue weighted by molar-refractivity contribution is 6.09. The van der Waals surface area contributed by atoms with Crippen LogP contribution in [0.15, 0.2) is 60.7 Å². The lowest BCUT2D eigenvalue weighted by atomic mass is 9.83. The number of hydrogen-bond donors (Lipinski definition) is 2. The molecule has 1 heterocycles. The van der Waals surface area contributed by atoms with E-state index < -0.39 is 17.5 Å². The maximum Gasteiger partial charge on any atom is 0.325 e. The molecule has 1 aliphatic heterocycles. The quantitative estimate of drug-likeness (QED) is 0.677. The summed E-state index contributed by atoms with van der Waals surface area (Å²) >= 11 is 0. The predicted molar refractivity (Wildman–Crippen MR) is 111 cm³/mol. The number of urea groups is 1. The maximum absolute atomic E-state index is 13.5. The third-order valence-corrected chi connectivity index (χ3v) is 5.41. The van der Waals surface area contributed by atoms with Gasteiger partial charge in [0.15, 0.2) is 5.54 Å². The Morgan fingerprint density at radius 3 is 2.17 bits per heavy atom. The van der Waals surface area contributed by atoms with Gasteiger partial charge in [-0.05, 0) is 24.0 Å². The fourth-order valence-electron chi connectivity index (χ4n) is 3.72. The number of nitrogens with zero attached hydrogens (tertiary/aromatic N) is 1. The summed E-state index contributed by atoms with van der Waals surface area (Å²) in [4.78, 5) is 39.7. The van der Waals surface area contributed by atoms with Crippen molar-refractivity contribution < 1.29 is 14.4 Å². The molecule has 6 heteroatoms. The van der Waals surface area contributed by atoms with E-state index in [0.29, 0.717) is 12.0 Å². The highest BCUT2D eigenvalue weighted by Crippen LogP contribution is 2.32. The molecule has 29 heavy (non-hydrogen) atoms. The van der Waals surface area contributed by atoms with E-state index in [1.165, 1.54) is 0 Å². The summed E-state index contributed by atoms with van der Waals surface area (Å²) in [7, 11) is 0. The van der Waals surface area contributed by atoms with Gasteiger partial charge in [-0.3, -0.25) is 14.5 Å². The van der Waals surface area contributed by atoms with E-state index in [1.54, 1.807) is 0 Å². The van der Waals surface area contributed by atoms with Crippen molar-refractivity contribution in [2.45, 2.75) is 44.7 Å². The smallest absolute Gasteiger partial charge is 0.325 e. The van der Waals surface area contributed by atoms with Crippen molar-refractivity contribution in [3.05, 3.63) is 71.8 Å². The first-order valence-electron chi connectivity index (χ1n) is 10.0. The van der Waals surface area contributed by atoms with Gasteiger partial charge in [-0.15, -0.1) is 0 Å². The summed E-state index contributed by atoms with van der Waals surface area (Å²) in [6.45, 7) is 3.69. The molecule has 3 rings (SSSR count). The molecular weight excluding hydrogens is 366 g/mol. The molecule has 2 N–H and O–H groups in total. The van der Waals surface area contributed by atoms with Crippen molar-refractivity contribution in [2.75, 3.05) is 6.54 Å². The third kappa shape index (κ3) is 4.31. The van der Waals surface area contributed by atoms with Crippen molar-refractivity contribution >= 4 is 17.8 Å². The van der Waals surface area contributed by atoms with Crippen LogP contribution in [0.25, 0.3) is 0 Å². The molecule has 2 aromatic carbocycles. The van der Waals surface area contributed by atoms with E-state index in [0.717, 1.165) is 23.3 Å². The van der Waals surface area contributed by atoms with Crippen molar-refractivity contribution in [3.8, 4) is 0 Å². The SMILES string of the molecule is CCC(CC)NC(=O)CN1C(=O)NC(Cc2ccccc2)(c2ccccc2)C1=O. The Balaban J connectivity index is 1.89. The second kappa shape index (κ2) is 8.90. The summed E-state index contributed by atoms with van der Waals surface area (Å²) < 4.78 is 0. The van der Waals surface area contributed by atoms with E-state index in [9.17, 15) is 14.4 Å². The molecule has 1 aliphatic rings. The van der Waals surface area contributed by atoms with Crippen LogP contribution < -0.4 is 10.6 Å². The Labute approximate surface area is 171 Å². The molecular formula is C23H27N3O3. The van der Waals surface area contributed by atoms with Crippen LogP contribution in [0.5, 0.6) is 0 Å². The van der Waals surface area contributed by atoms with Crippen molar-refractivity contribution in [1.29, 1.82) is 0 Å². The number of nitrogens with one attached hydrogen (secondary N) is 2. The van der Waals surface area contributed by atoms with E-state index >= 15 is 0 Å². The molecule has 0 spiro atoms. The van der Waals surface area contributed by atoms with Crippen LogP contribution in [0.3, 0.4) is 0 Å². The largest absolute Gasteiger partial charge is 0.352 e. The van der Waals surface area contributed by atoms with Gasteiger partial charge in [0.1, 0.15) is 6.54 Å². The van der Waals surface area contributed by atoms with E-state index in [4.69, 9.17) is 0 Å². The van der Waals surface area contributed by atoms with Crippen LogP contribution in [0, 0.1) is 0 Å². The zero-order valence-electron chi connectivity index (χ0n) is 16.9. The first-order valence-corrected chi connectivity index (χ1v) is 10.0. The van der Waals surface area contributed by atoms with Crippen molar-refractivity contribution in [3.63, 3.8) is 0 Å². The molecule has 1 atom stereocenters. The zero-order chi connectivity index (χ0) is 20.9. The Kier molecular flexibility index (Phi) is 6.32. The lowest BCUT2D eigenvalue weighted by Gasteiger charge is -2.27. The van der Waals surface area contributed by atoms with Crippen molar-refractivity contribution in [2.24, 2.45) is 0 Å². The highest BCUT2D eigenvalue weighted by atomic mass is 16.2. The average Bonchev–Trinajstić information content (AvgIpc) is 2.98. The number of imide groups is 1. The molecule has 0 saturated carbocycles. The molecule has 0 aliphatic carbocycles. The molecule has 6 nitrogen and oxygen atoms in total. The molecule has 1 saturated heterocycles. The predicted octanol–water partition coefficient (Wildman–Crippen LogP) is 2.98. The van der Waals surface area contributed by atoms with Gasteiger partial charge in [0.25, 0.3) is 5.91 Å². The van der Waals surface area contributed by atoms with Gasteiger partial charge >= 0.3 is 6.03 Å². The van der Waals surface area contributed by atoms with Gasteiger partial charge < -0.3 is 10.6 Å². The van der Waals surface area contributed by atoms with Crippen LogP contribution in [0.4, 0.5) is 4.79 Å². The van der Waals surface area contributed by atoms with Gasteiger partial charge in [0, 0.05) is 12.5 Å². The lowest BCUT2D eigenvalue weighted by Crippen LogP contribution is -2.47. The topological polar surface area (TPSA) is 78.5 Å². The summed E-state index contributed by atoms with van der Waals surface area (Å²) in [5, 5.41) is 5.76. The number of carbonyl (C=O) groups excluding carboxylic acids is 3. The van der Waals surface area contributed by atoms with E-state index in [2.05, 4.69) is 10.6 Å². The van der Waals surface area contributed by atoms with Gasteiger partial charge in [-0.1, -0.05) is 74.5 Å². The minimum Gasteiger partial charge on any atom is -0.352 e. The second-order valence-electron chi connectivity index (χ2n) is 7.34. The standard InChI is InChI=1S/C23H27N3O3/c1-3-19(4-2)24-20(27)16-26-21(28)23(25-22(26)29,18-13-9-6-10-14-18)15-17-11-7-5-8-12-17/h5-14,19H,3-4,15-16H2,1-2H3,(H,24,27)(H,25,29). The Hall–Kier alpha value is -3.15. The number of amides is 4.